The molecule has 0 aliphatic carbocycles. The number of methoxy groups -OCH3 is 2. The Morgan fingerprint density at radius 2 is 1.97 bits per heavy atom. The van der Waals surface area contributed by atoms with Gasteiger partial charge in [-0.05, 0) is 44.5 Å². The lowest BCUT2D eigenvalue weighted by Crippen LogP contribution is -2.31. The van der Waals surface area contributed by atoms with Crippen molar-refractivity contribution in [2.24, 2.45) is 0 Å². The number of nitrogens with zero attached hydrogens (tertiary/aromatic N) is 3. The molecule has 0 radical (unpaired) electrons. The number of ether oxygens (including phenoxy) is 3. The van der Waals surface area contributed by atoms with Crippen LogP contribution >= 0.6 is 0 Å². The summed E-state index contributed by atoms with van der Waals surface area (Å²) in [6.45, 7) is 3.97. The zero-order chi connectivity index (χ0) is 21.5. The van der Waals surface area contributed by atoms with E-state index in [1.54, 1.807) is 25.3 Å². The fourth-order valence-corrected chi connectivity index (χ4v) is 3.70. The van der Waals surface area contributed by atoms with Crippen LogP contribution in [-0.4, -0.2) is 55.9 Å². The normalized spacial score (nSPS) is 14.2. The molecule has 1 fully saturated rings. The number of esters is 1. The zero-order valence-electron chi connectivity index (χ0n) is 17.5. The number of hydrogen-bond acceptors (Lipinski definition) is 7. The molecule has 8 nitrogen and oxygen atoms in total. The number of carbonyl (C=O) groups is 1. The van der Waals surface area contributed by atoms with Crippen LogP contribution in [0.4, 0.5) is 5.69 Å². The summed E-state index contributed by atoms with van der Waals surface area (Å²) in [5.74, 6) is 0.540. The van der Waals surface area contributed by atoms with Gasteiger partial charge in [0.1, 0.15) is 6.07 Å². The van der Waals surface area contributed by atoms with Gasteiger partial charge in [-0.3, -0.25) is 0 Å². The average molecular weight is 412 g/mol. The molecule has 1 aromatic heterocycles. The number of aromatic nitrogens is 1. The minimum Gasteiger partial charge on any atom is -0.493 e. The van der Waals surface area contributed by atoms with Crippen LogP contribution in [-0.2, 0) is 4.74 Å². The second kappa shape index (κ2) is 10.0. The van der Waals surface area contributed by atoms with Gasteiger partial charge in [-0.1, -0.05) is 6.42 Å². The number of rotatable bonds is 8. The molecule has 1 saturated heterocycles. The van der Waals surface area contributed by atoms with E-state index in [1.807, 2.05) is 6.07 Å². The van der Waals surface area contributed by atoms with Crippen molar-refractivity contribution in [2.75, 3.05) is 46.2 Å². The van der Waals surface area contributed by atoms with Gasteiger partial charge in [0.25, 0.3) is 0 Å². The molecule has 30 heavy (non-hydrogen) atoms. The molecule has 160 valence electrons. The van der Waals surface area contributed by atoms with Crippen LogP contribution in [0, 0.1) is 11.3 Å². The first-order chi connectivity index (χ1) is 14.6. The summed E-state index contributed by atoms with van der Waals surface area (Å²) in [7, 11) is 2.83. The van der Waals surface area contributed by atoms with Crippen molar-refractivity contribution >= 4 is 11.7 Å². The summed E-state index contributed by atoms with van der Waals surface area (Å²) in [5.41, 5.74) is 6.97. The maximum atomic E-state index is 12.2. The molecule has 3 rings (SSSR count). The van der Waals surface area contributed by atoms with E-state index in [2.05, 4.69) is 4.90 Å². The molecule has 1 aliphatic heterocycles. The lowest BCUT2D eigenvalue weighted by Gasteiger charge is -2.26. The number of nitrogens with two attached hydrogens (primary N) is 1. The Morgan fingerprint density at radius 3 is 2.63 bits per heavy atom. The smallest absolute Gasteiger partial charge is 0.357 e. The fourth-order valence-electron chi connectivity index (χ4n) is 3.70. The van der Waals surface area contributed by atoms with E-state index in [1.165, 1.54) is 50.2 Å². The molecule has 1 aliphatic rings. The maximum Gasteiger partial charge on any atom is 0.357 e. The van der Waals surface area contributed by atoms with Crippen molar-refractivity contribution in [3.8, 4) is 23.3 Å². The van der Waals surface area contributed by atoms with Gasteiger partial charge in [0.2, 0.25) is 0 Å². The van der Waals surface area contributed by atoms with Crippen LogP contribution in [0.1, 0.15) is 41.7 Å². The Morgan fingerprint density at radius 1 is 1.20 bits per heavy atom. The Balaban J connectivity index is 1.74. The molecule has 2 N–H and O–H groups in total. The quantitative estimate of drug-likeness (QED) is 0.525. The number of carbonyl (C=O) groups excluding carboxylic acids is 1. The minimum absolute atomic E-state index is 0.0846. The third kappa shape index (κ3) is 4.69. The lowest BCUT2D eigenvalue weighted by atomic mass is 10.1. The second-order valence-electron chi connectivity index (χ2n) is 7.22. The summed E-state index contributed by atoms with van der Waals surface area (Å²) in [4.78, 5) is 14.7. The predicted molar refractivity (Wildman–Crippen MR) is 113 cm³/mol. The molecule has 0 spiro atoms. The first-order valence-electron chi connectivity index (χ1n) is 10.1. The van der Waals surface area contributed by atoms with E-state index >= 15 is 0 Å². The number of piperidine rings is 1. The summed E-state index contributed by atoms with van der Waals surface area (Å²) in [5, 5.41) is 9.27. The van der Waals surface area contributed by atoms with Gasteiger partial charge in [-0.2, -0.15) is 5.26 Å². The van der Waals surface area contributed by atoms with Crippen molar-refractivity contribution in [2.45, 2.75) is 25.7 Å². The van der Waals surface area contributed by atoms with Gasteiger partial charge >= 0.3 is 5.97 Å². The standard InChI is InChI=1S/C22H28N4O4/c1-28-19-13-17(26-15-16(14-23)20(24)21(26)22(27)29-2)7-8-18(19)30-12-6-11-25-9-4-3-5-10-25/h7-8,13,15H,3-6,9-12,24H2,1-2H3. The van der Waals surface area contributed by atoms with Gasteiger partial charge in [-0.15, -0.1) is 0 Å². The van der Waals surface area contributed by atoms with Gasteiger partial charge < -0.3 is 29.4 Å². The maximum absolute atomic E-state index is 12.2. The van der Waals surface area contributed by atoms with Crippen molar-refractivity contribution in [3.63, 3.8) is 0 Å². The highest BCUT2D eigenvalue weighted by molar-refractivity contribution is 5.96. The van der Waals surface area contributed by atoms with E-state index in [0.717, 1.165) is 13.0 Å². The average Bonchev–Trinajstić information content (AvgIpc) is 3.13. The van der Waals surface area contributed by atoms with Gasteiger partial charge in [0.15, 0.2) is 17.2 Å². The van der Waals surface area contributed by atoms with Crippen LogP contribution < -0.4 is 15.2 Å². The summed E-state index contributed by atoms with van der Waals surface area (Å²) in [6.07, 6.45) is 6.34. The zero-order valence-corrected chi connectivity index (χ0v) is 17.5. The highest BCUT2D eigenvalue weighted by Crippen LogP contribution is 2.32. The van der Waals surface area contributed by atoms with Crippen LogP contribution in [0.15, 0.2) is 24.4 Å². The first kappa shape index (κ1) is 21.5. The molecule has 2 heterocycles. The van der Waals surface area contributed by atoms with Gasteiger partial charge in [0.05, 0.1) is 32.1 Å². The third-order valence-electron chi connectivity index (χ3n) is 5.29. The van der Waals surface area contributed by atoms with Crippen LogP contribution in [0.25, 0.3) is 5.69 Å². The van der Waals surface area contributed by atoms with Crippen molar-refractivity contribution in [1.82, 2.24) is 9.47 Å². The molecule has 0 bridgehead atoms. The number of anilines is 1. The van der Waals surface area contributed by atoms with Crippen LogP contribution in [0.5, 0.6) is 11.5 Å². The SMILES string of the molecule is COC(=O)c1c(N)c(C#N)cn1-c1ccc(OCCCN2CCCCC2)c(OC)c1. The minimum atomic E-state index is -0.619. The molecule has 0 unspecified atom stereocenters. The van der Waals surface area contributed by atoms with E-state index in [4.69, 9.17) is 19.9 Å². The molecule has 2 aromatic rings. The molecule has 0 amide bonds. The van der Waals surface area contributed by atoms with E-state index in [-0.39, 0.29) is 16.9 Å². The summed E-state index contributed by atoms with van der Waals surface area (Å²) in [6, 6.07) is 7.31. The molecule has 8 heteroatoms. The monoisotopic (exact) mass is 412 g/mol. The molecule has 0 atom stereocenters. The predicted octanol–water partition coefficient (Wildman–Crippen LogP) is 2.98. The highest BCUT2D eigenvalue weighted by atomic mass is 16.5. The Bertz CT molecular complexity index is 926. The molecular formula is C22H28N4O4. The van der Waals surface area contributed by atoms with Crippen LogP contribution in [0.2, 0.25) is 0 Å². The molecule has 0 saturated carbocycles. The summed E-state index contributed by atoms with van der Waals surface area (Å²) >= 11 is 0. The number of benzene rings is 1. The molecular weight excluding hydrogens is 384 g/mol. The Labute approximate surface area is 176 Å². The topological polar surface area (TPSA) is 103 Å². The number of nitrogen functional groups attached to an aromatic ring is 1. The largest absolute Gasteiger partial charge is 0.493 e. The van der Waals surface area contributed by atoms with Gasteiger partial charge in [-0.25, -0.2) is 4.79 Å². The number of likely N-dealkylation sites (tertiary alicyclic amines) is 1. The van der Waals surface area contributed by atoms with Crippen molar-refractivity contribution < 1.29 is 19.0 Å². The molecule has 1 aromatic carbocycles. The van der Waals surface area contributed by atoms with E-state index < -0.39 is 5.97 Å². The Kier molecular flexibility index (Phi) is 7.20. The number of hydrogen-bond donors (Lipinski definition) is 1. The van der Waals surface area contributed by atoms with Crippen LogP contribution in [0.3, 0.4) is 0 Å². The first-order valence-corrected chi connectivity index (χ1v) is 10.1. The third-order valence-corrected chi connectivity index (χ3v) is 5.29. The van der Waals surface area contributed by atoms with E-state index in [0.29, 0.717) is 23.8 Å². The van der Waals surface area contributed by atoms with Gasteiger partial charge in [0, 0.05) is 24.5 Å². The lowest BCUT2D eigenvalue weighted by molar-refractivity contribution is 0.0593. The second-order valence-corrected chi connectivity index (χ2v) is 7.22. The Hall–Kier alpha value is -3.18. The van der Waals surface area contributed by atoms with Crippen molar-refractivity contribution in [3.05, 3.63) is 35.7 Å². The fraction of sp³-hybridized carbons (Fsp3) is 0.455. The highest BCUT2D eigenvalue weighted by Gasteiger charge is 2.22. The van der Waals surface area contributed by atoms with E-state index in [9.17, 15) is 10.1 Å². The summed E-state index contributed by atoms with van der Waals surface area (Å²) < 4.78 is 17.8. The van der Waals surface area contributed by atoms with Crippen molar-refractivity contribution in [1.29, 1.82) is 5.26 Å². The number of nitriles is 1.